The summed E-state index contributed by atoms with van der Waals surface area (Å²) in [5, 5.41) is 0. The van der Waals surface area contributed by atoms with Crippen molar-refractivity contribution in [3.8, 4) is 0 Å². The van der Waals surface area contributed by atoms with E-state index >= 15 is 0 Å². The first kappa shape index (κ1) is 14.2. The van der Waals surface area contributed by atoms with Gasteiger partial charge in [0.2, 0.25) is 8.32 Å². The van der Waals surface area contributed by atoms with Crippen molar-refractivity contribution in [3.63, 3.8) is 0 Å². The maximum absolute atomic E-state index is 5.54. The van der Waals surface area contributed by atoms with E-state index in [9.17, 15) is 0 Å². The quantitative estimate of drug-likeness (QED) is 0.615. The van der Waals surface area contributed by atoms with E-state index in [0.29, 0.717) is 6.23 Å². The minimum absolute atomic E-state index is 0.491. The molecule has 0 aliphatic heterocycles. The molecule has 86 valence electrons. The average molecular weight is 240 g/mol. The molecule has 0 aliphatic carbocycles. The van der Waals surface area contributed by atoms with E-state index < -0.39 is 17.4 Å². The summed E-state index contributed by atoms with van der Waals surface area (Å²) in [7, 11) is 1.58. The second-order valence-corrected chi connectivity index (χ2v) is 10.1. The van der Waals surface area contributed by atoms with Crippen LogP contribution in [0.15, 0.2) is 0 Å². The van der Waals surface area contributed by atoms with Gasteiger partial charge >= 0.3 is 9.05 Å². The first-order valence-corrected chi connectivity index (χ1v) is 9.04. The molecular formula is C7H20O5Si2. The molecular weight excluding hydrogens is 220 g/mol. The van der Waals surface area contributed by atoms with E-state index in [2.05, 4.69) is 0 Å². The van der Waals surface area contributed by atoms with E-state index in [1.807, 2.05) is 13.1 Å². The maximum Gasteiger partial charge on any atom is 0.678 e. The van der Waals surface area contributed by atoms with Crippen LogP contribution in [0.2, 0.25) is 13.1 Å². The van der Waals surface area contributed by atoms with Crippen molar-refractivity contribution >= 4 is 17.4 Å². The monoisotopic (exact) mass is 240 g/mol. The van der Waals surface area contributed by atoms with Gasteiger partial charge in [0.1, 0.15) is 0 Å². The molecule has 0 aliphatic rings. The molecule has 0 aromatic carbocycles. The molecule has 0 rings (SSSR count). The first-order valence-electron chi connectivity index (χ1n) is 4.30. The zero-order valence-corrected chi connectivity index (χ0v) is 11.7. The summed E-state index contributed by atoms with van der Waals surface area (Å²) in [6.07, 6.45) is 0.491. The third kappa shape index (κ3) is 4.17. The summed E-state index contributed by atoms with van der Waals surface area (Å²) in [6.45, 7) is 4.10. The number of hydrogen-bond acceptors (Lipinski definition) is 5. The molecule has 7 heteroatoms. The van der Waals surface area contributed by atoms with Crippen molar-refractivity contribution in [2.45, 2.75) is 13.1 Å². The van der Waals surface area contributed by atoms with Crippen LogP contribution in [0.5, 0.6) is 0 Å². The van der Waals surface area contributed by atoms with Gasteiger partial charge in [-0.25, -0.2) is 0 Å². The Bertz CT molecular complexity index is 152. The predicted octanol–water partition coefficient (Wildman–Crippen LogP) is 0.768. The standard InChI is InChI=1S/C7H20O5Si2/c1-8-13(5,6)7-12-14(9-2,10-3)11-4/h7H2,1-6H3. The van der Waals surface area contributed by atoms with Gasteiger partial charge in [0.15, 0.2) is 0 Å². The molecule has 0 radical (unpaired) electrons. The van der Waals surface area contributed by atoms with Gasteiger partial charge < -0.3 is 22.1 Å². The van der Waals surface area contributed by atoms with Crippen molar-refractivity contribution < 1.29 is 22.1 Å². The molecule has 0 aromatic rings. The van der Waals surface area contributed by atoms with Gasteiger partial charge in [0.05, 0.1) is 6.23 Å². The summed E-state index contributed by atoms with van der Waals surface area (Å²) >= 11 is 0. The molecule has 0 fully saturated rings. The van der Waals surface area contributed by atoms with Crippen molar-refractivity contribution in [1.82, 2.24) is 0 Å². The topological polar surface area (TPSA) is 46.2 Å². The number of hydrogen-bond donors (Lipinski definition) is 0. The first-order chi connectivity index (χ1) is 6.45. The molecule has 0 bridgehead atoms. The van der Waals surface area contributed by atoms with Crippen LogP contribution >= 0.6 is 0 Å². The Hall–Kier alpha value is 0.234. The fourth-order valence-electron chi connectivity index (χ4n) is 0.748. The highest BCUT2D eigenvalue weighted by atomic mass is 28.4. The van der Waals surface area contributed by atoms with E-state index in [0.717, 1.165) is 0 Å². The van der Waals surface area contributed by atoms with Crippen molar-refractivity contribution in [2.24, 2.45) is 0 Å². The van der Waals surface area contributed by atoms with Crippen molar-refractivity contribution in [2.75, 3.05) is 34.7 Å². The van der Waals surface area contributed by atoms with Crippen LogP contribution in [0.4, 0.5) is 0 Å². The maximum atomic E-state index is 5.54. The van der Waals surface area contributed by atoms with Crippen molar-refractivity contribution in [1.29, 1.82) is 0 Å². The van der Waals surface area contributed by atoms with Gasteiger partial charge in [0.25, 0.3) is 0 Å². The Morgan fingerprint density at radius 1 is 0.786 bits per heavy atom. The second kappa shape index (κ2) is 5.96. The van der Waals surface area contributed by atoms with Gasteiger partial charge in [-0.05, 0) is 13.1 Å². The fourth-order valence-corrected chi connectivity index (χ4v) is 3.82. The summed E-state index contributed by atoms with van der Waals surface area (Å²) in [5.74, 6) is 0. The molecule has 5 nitrogen and oxygen atoms in total. The molecule has 0 amide bonds. The van der Waals surface area contributed by atoms with Gasteiger partial charge in [-0.3, -0.25) is 0 Å². The van der Waals surface area contributed by atoms with Crippen LogP contribution in [-0.2, 0) is 22.1 Å². The van der Waals surface area contributed by atoms with E-state index in [4.69, 9.17) is 22.1 Å². The predicted molar refractivity (Wildman–Crippen MR) is 57.2 cm³/mol. The van der Waals surface area contributed by atoms with Crippen molar-refractivity contribution in [3.05, 3.63) is 0 Å². The summed E-state index contributed by atoms with van der Waals surface area (Å²) in [5.41, 5.74) is 0. The number of rotatable bonds is 7. The van der Waals surface area contributed by atoms with Crippen LogP contribution < -0.4 is 0 Å². The third-order valence-corrected chi connectivity index (χ3v) is 6.13. The Morgan fingerprint density at radius 3 is 1.50 bits per heavy atom. The SMILES string of the molecule is CO[Si](C)(C)CO[Si](OC)(OC)OC. The van der Waals surface area contributed by atoms with E-state index in [1.54, 1.807) is 7.11 Å². The van der Waals surface area contributed by atoms with Crippen LogP contribution in [0.1, 0.15) is 0 Å². The van der Waals surface area contributed by atoms with Gasteiger partial charge in [0, 0.05) is 28.4 Å². The Morgan fingerprint density at radius 2 is 1.21 bits per heavy atom. The highest BCUT2D eigenvalue weighted by Crippen LogP contribution is 2.12. The second-order valence-electron chi connectivity index (χ2n) is 3.36. The van der Waals surface area contributed by atoms with E-state index in [-0.39, 0.29) is 0 Å². The lowest BCUT2D eigenvalue weighted by Gasteiger charge is -2.27. The molecule has 0 unspecified atom stereocenters. The Labute approximate surface area is 87.9 Å². The molecule has 0 N–H and O–H groups in total. The molecule has 0 saturated carbocycles. The fraction of sp³-hybridized carbons (Fsp3) is 1.00. The molecule has 0 spiro atoms. The minimum atomic E-state index is -2.89. The van der Waals surface area contributed by atoms with Gasteiger partial charge in [-0.2, -0.15) is 0 Å². The van der Waals surface area contributed by atoms with E-state index in [1.165, 1.54) is 21.3 Å². The third-order valence-electron chi connectivity index (χ3n) is 1.90. The summed E-state index contributed by atoms with van der Waals surface area (Å²) in [4.78, 5) is 0. The molecule has 0 saturated heterocycles. The van der Waals surface area contributed by atoms with Crippen LogP contribution in [0.25, 0.3) is 0 Å². The van der Waals surface area contributed by atoms with Crippen LogP contribution in [0.3, 0.4) is 0 Å². The smallest absolute Gasteiger partial charge is 0.418 e. The lowest BCUT2D eigenvalue weighted by molar-refractivity contribution is 0.0139. The Kier molecular flexibility index (Phi) is 6.06. The minimum Gasteiger partial charge on any atom is -0.418 e. The zero-order chi connectivity index (χ0) is 11.2. The highest BCUT2D eigenvalue weighted by molar-refractivity contribution is 6.71. The normalized spacial score (nSPS) is 13.3. The van der Waals surface area contributed by atoms with Crippen LogP contribution in [0, 0.1) is 0 Å². The lowest BCUT2D eigenvalue weighted by atomic mass is 11.7. The molecule has 14 heavy (non-hydrogen) atoms. The van der Waals surface area contributed by atoms with Crippen LogP contribution in [-0.4, -0.2) is 52.0 Å². The molecule has 0 heterocycles. The Balaban J connectivity index is 4.19. The van der Waals surface area contributed by atoms with Gasteiger partial charge in [-0.15, -0.1) is 0 Å². The average Bonchev–Trinajstić information content (AvgIpc) is 2.21. The molecule has 0 atom stereocenters. The lowest BCUT2D eigenvalue weighted by Crippen LogP contribution is -2.51. The zero-order valence-electron chi connectivity index (χ0n) is 9.75. The highest BCUT2D eigenvalue weighted by Gasteiger charge is 2.44. The summed E-state index contributed by atoms with van der Waals surface area (Å²) < 4.78 is 26.2. The largest absolute Gasteiger partial charge is 0.678 e. The molecule has 0 aromatic heterocycles. The summed E-state index contributed by atoms with van der Waals surface area (Å²) in [6, 6.07) is 0. The van der Waals surface area contributed by atoms with Gasteiger partial charge in [-0.1, -0.05) is 0 Å².